The van der Waals surface area contributed by atoms with Gasteiger partial charge in [-0.05, 0) is 48.9 Å². The van der Waals surface area contributed by atoms with Crippen LogP contribution in [-0.4, -0.2) is 53.5 Å². The predicted octanol–water partition coefficient (Wildman–Crippen LogP) is 4.57. The van der Waals surface area contributed by atoms with Gasteiger partial charge in [-0.1, -0.05) is 11.6 Å². The molecule has 1 aliphatic carbocycles. The van der Waals surface area contributed by atoms with Gasteiger partial charge in [-0.15, -0.1) is 0 Å². The Morgan fingerprint density at radius 1 is 1.21 bits per heavy atom. The minimum absolute atomic E-state index is 0.0655. The summed E-state index contributed by atoms with van der Waals surface area (Å²) in [6.45, 7) is -4.21. The van der Waals surface area contributed by atoms with Gasteiger partial charge in [0.2, 0.25) is 5.91 Å². The molecule has 2 aromatic carbocycles. The first-order valence-electron chi connectivity index (χ1n) is 13.3. The molecule has 222 valence electrons. The van der Waals surface area contributed by atoms with Gasteiger partial charge >= 0.3 is 6.55 Å². The van der Waals surface area contributed by atoms with Crippen molar-refractivity contribution in [2.75, 3.05) is 26.9 Å². The van der Waals surface area contributed by atoms with Gasteiger partial charge < -0.3 is 20.5 Å². The van der Waals surface area contributed by atoms with Crippen molar-refractivity contribution in [1.82, 2.24) is 20.1 Å². The van der Waals surface area contributed by atoms with E-state index in [9.17, 15) is 27.2 Å². The lowest BCUT2D eigenvalue weighted by molar-refractivity contribution is -0.124. The second kappa shape index (κ2) is 10.7. The number of allylic oxidation sites excluding steroid dienone is 1. The van der Waals surface area contributed by atoms with Crippen LogP contribution in [0.2, 0.25) is 0 Å². The van der Waals surface area contributed by atoms with Crippen LogP contribution in [0.5, 0.6) is 11.5 Å². The number of aromatic nitrogens is 3. The third-order valence-corrected chi connectivity index (χ3v) is 7.77. The molecule has 3 N–H and O–H groups in total. The fourth-order valence-corrected chi connectivity index (χ4v) is 5.26. The zero-order valence-corrected chi connectivity index (χ0v) is 22.7. The minimum Gasteiger partial charge on any atom is -0.494 e. The fourth-order valence-electron chi connectivity index (χ4n) is 5.26. The van der Waals surface area contributed by atoms with E-state index >= 15 is 0 Å². The molecule has 9 nitrogen and oxygen atoms in total. The molecule has 2 atom stereocenters. The highest BCUT2D eigenvalue weighted by Gasteiger charge is 2.48. The molecule has 2 amide bonds. The van der Waals surface area contributed by atoms with E-state index in [1.807, 2.05) is 6.08 Å². The number of halogens is 4. The Morgan fingerprint density at radius 3 is 2.58 bits per heavy atom. The molecule has 0 saturated heterocycles. The van der Waals surface area contributed by atoms with Gasteiger partial charge in [0, 0.05) is 40.7 Å². The van der Waals surface area contributed by atoms with Gasteiger partial charge in [0.25, 0.3) is 5.91 Å². The largest absolute Gasteiger partial charge is 0.494 e. The van der Waals surface area contributed by atoms with E-state index in [0.717, 1.165) is 11.8 Å². The van der Waals surface area contributed by atoms with Crippen molar-refractivity contribution >= 4 is 22.7 Å². The van der Waals surface area contributed by atoms with E-state index in [-0.39, 0.29) is 47.0 Å². The zero-order valence-electron chi connectivity index (χ0n) is 22.7. The molecule has 6 rings (SSSR count). The monoisotopic (exact) mass is 595 g/mol. The molecule has 0 spiro atoms. The number of nitrogens with two attached hydrogens (primary N) is 1. The molecule has 4 aromatic rings. The van der Waals surface area contributed by atoms with Gasteiger partial charge in [-0.25, -0.2) is 18.4 Å². The summed E-state index contributed by atoms with van der Waals surface area (Å²) in [6, 6.07) is 9.91. The maximum Gasteiger partial charge on any atom is 0.333 e. The van der Waals surface area contributed by atoms with Gasteiger partial charge in [0.1, 0.15) is 47.2 Å². The van der Waals surface area contributed by atoms with Gasteiger partial charge in [-0.2, -0.15) is 13.9 Å². The molecule has 0 radical (unpaired) electrons. The van der Waals surface area contributed by atoms with Crippen molar-refractivity contribution in [2.45, 2.75) is 24.3 Å². The number of pyridine rings is 1. The van der Waals surface area contributed by atoms with Crippen molar-refractivity contribution in [1.29, 1.82) is 0 Å². The molecule has 0 unspecified atom stereocenters. The highest BCUT2D eigenvalue weighted by atomic mass is 19.3. The number of carbonyl (C=O) groups excluding carboxylic acids is 2. The fraction of sp³-hybridized carbons (Fsp3) is 0.267. The predicted molar refractivity (Wildman–Crippen MR) is 147 cm³/mol. The highest BCUT2D eigenvalue weighted by Crippen LogP contribution is 2.47. The number of amides is 2. The Labute approximate surface area is 242 Å². The van der Waals surface area contributed by atoms with E-state index in [1.54, 1.807) is 6.07 Å². The van der Waals surface area contributed by atoms with Gasteiger partial charge in [-0.3, -0.25) is 9.59 Å². The van der Waals surface area contributed by atoms with E-state index in [1.165, 1.54) is 43.5 Å². The lowest BCUT2D eigenvalue weighted by Crippen LogP contribution is -2.44. The van der Waals surface area contributed by atoms with E-state index in [4.69, 9.17) is 20.2 Å². The first-order valence-corrected chi connectivity index (χ1v) is 13.3. The number of primary amides is 1. The topological polar surface area (TPSA) is 121 Å². The molecule has 1 aliphatic heterocycles. The van der Waals surface area contributed by atoms with E-state index < -0.39 is 42.2 Å². The number of alkyl halides is 3. The van der Waals surface area contributed by atoms with Crippen LogP contribution in [0.25, 0.3) is 22.2 Å². The number of hydrogen-bond donors (Lipinski definition) is 2. The Morgan fingerprint density at radius 2 is 1.95 bits per heavy atom. The quantitative estimate of drug-likeness (QED) is 0.205. The number of rotatable bonds is 10. The first kappa shape index (κ1) is 28.2. The zero-order chi connectivity index (χ0) is 30.5. The molecule has 0 saturated carbocycles. The molecule has 2 aromatic heterocycles. The molecule has 3 heterocycles. The number of nitrogens with zero attached hydrogens (tertiary/aromatic N) is 3. The summed E-state index contributed by atoms with van der Waals surface area (Å²) in [6.07, 6.45) is 3.73. The average molecular weight is 596 g/mol. The van der Waals surface area contributed by atoms with Crippen molar-refractivity contribution in [3.05, 3.63) is 82.9 Å². The smallest absolute Gasteiger partial charge is 0.333 e. The number of carbonyl (C=O) groups is 2. The van der Waals surface area contributed by atoms with Crippen molar-refractivity contribution in [2.24, 2.45) is 5.73 Å². The lowest BCUT2D eigenvalue weighted by Gasteiger charge is -2.22. The maximum absolute atomic E-state index is 14.5. The van der Waals surface area contributed by atoms with Crippen LogP contribution in [0.4, 0.5) is 17.6 Å². The van der Waals surface area contributed by atoms with Crippen molar-refractivity contribution < 1.29 is 36.6 Å². The molecular weight excluding hydrogens is 570 g/mol. The standard InChI is InChI=1S/C30H25F4N5O4/c1-42-23-9-17(8-18-12-39(29(33)34)38-24(18)23)27(40)36-11-20(15-2-3-15)22-10-21-26(43-14-30(21,13-31)28(35)41)25(37-22)16-4-6-19(32)7-5-16/h2,4-10,12,20,29H,3,11,13-14H2,1H3,(H2,35,41)(H,36,40)/t20-,30+/m0/s1. The third kappa shape index (κ3) is 4.94. The number of hydrogen-bond acceptors (Lipinski definition) is 6. The average Bonchev–Trinajstić information content (AvgIpc) is 3.61. The molecule has 43 heavy (non-hydrogen) atoms. The number of benzene rings is 2. The summed E-state index contributed by atoms with van der Waals surface area (Å²) in [4.78, 5) is 30.6. The maximum atomic E-state index is 14.5. The van der Waals surface area contributed by atoms with Crippen LogP contribution in [0.1, 0.15) is 40.5 Å². The summed E-state index contributed by atoms with van der Waals surface area (Å²) in [7, 11) is 1.35. The van der Waals surface area contributed by atoms with Crippen LogP contribution in [-0.2, 0) is 10.2 Å². The number of nitrogens with one attached hydrogen (secondary N) is 1. The van der Waals surface area contributed by atoms with E-state index in [0.29, 0.717) is 27.7 Å². The van der Waals surface area contributed by atoms with E-state index in [2.05, 4.69) is 10.4 Å². The van der Waals surface area contributed by atoms with Crippen LogP contribution >= 0.6 is 0 Å². The second-order valence-electron chi connectivity index (χ2n) is 10.4. The third-order valence-electron chi connectivity index (χ3n) is 7.77. The molecule has 0 fully saturated rings. The summed E-state index contributed by atoms with van der Waals surface area (Å²) < 4.78 is 66.1. The Hall–Kier alpha value is -4.94. The minimum atomic E-state index is -2.86. The molecule has 13 heteroatoms. The van der Waals surface area contributed by atoms with Crippen LogP contribution < -0.4 is 20.5 Å². The highest BCUT2D eigenvalue weighted by molar-refractivity contribution is 6.00. The van der Waals surface area contributed by atoms with Gasteiger partial charge in [0.05, 0.1) is 12.8 Å². The summed E-state index contributed by atoms with van der Waals surface area (Å²) in [5.41, 5.74) is 6.65. The number of methoxy groups -OCH3 is 1. The lowest BCUT2D eigenvalue weighted by atomic mass is 9.81. The van der Waals surface area contributed by atoms with Gasteiger partial charge in [0.15, 0.2) is 0 Å². The Kier molecular flexibility index (Phi) is 7.03. The molecular formula is C30H25F4N5O4. The van der Waals surface area contributed by atoms with Crippen molar-refractivity contribution in [3.63, 3.8) is 0 Å². The first-order chi connectivity index (χ1) is 20.6. The second-order valence-corrected chi connectivity index (χ2v) is 10.4. The molecule has 0 bridgehead atoms. The van der Waals surface area contributed by atoms with Crippen LogP contribution in [0, 0.1) is 5.82 Å². The van der Waals surface area contributed by atoms with Crippen LogP contribution in [0.3, 0.4) is 0 Å². The number of fused-ring (bicyclic) bond motifs is 2. The molecule has 2 aliphatic rings. The Bertz CT molecular complexity index is 1790. The summed E-state index contributed by atoms with van der Waals surface area (Å²) in [5.74, 6) is -1.99. The van der Waals surface area contributed by atoms with Crippen molar-refractivity contribution in [3.8, 4) is 22.8 Å². The normalized spacial score (nSPS) is 17.8. The van der Waals surface area contributed by atoms with Crippen LogP contribution in [0.15, 0.2) is 60.3 Å². The Balaban J connectivity index is 1.36. The summed E-state index contributed by atoms with van der Waals surface area (Å²) in [5, 5.41) is 6.98. The summed E-state index contributed by atoms with van der Waals surface area (Å²) >= 11 is 0. The number of ether oxygens (including phenoxy) is 2. The SMILES string of the molecule is COc1cc(C(=O)NC[C@@H](C2=CC2)c2cc3c(c(-c4ccc(F)cc4)n2)OC[C@@]3(CF)C(N)=O)cc2cn(C(F)F)nc12.